The lowest BCUT2D eigenvalue weighted by Crippen LogP contribution is -1.99. The normalized spacial score (nSPS) is 10.1. The van der Waals surface area contributed by atoms with Gasteiger partial charge >= 0.3 is 0 Å². The average Bonchev–Trinajstić information content (AvgIpc) is 2.28. The summed E-state index contributed by atoms with van der Waals surface area (Å²) in [6.45, 7) is 0. The van der Waals surface area contributed by atoms with E-state index in [1.165, 1.54) is 0 Å². The minimum atomic E-state index is 0.592. The van der Waals surface area contributed by atoms with Crippen molar-refractivity contribution in [2.45, 2.75) is 0 Å². The van der Waals surface area contributed by atoms with Gasteiger partial charge in [-0.15, -0.1) is 0 Å². The minimum absolute atomic E-state index is 0.592. The predicted molar refractivity (Wildman–Crippen MR) is 71.1 cm³/mol. The molecule has 16 heavy (non-hydrogen) atoms. The van der Waals surface area contributed by atoms with Crippen molar-refractivity contribution >= 4 is 44.7 Å². The molecule has 5 heteroatoms. The molecule has 0 radical (unpaired) electrons. The van der Waals surface area contributed by atoms with Crippen LogP contribution < -0.4 is 11.1 Å². The number of nitrogen functional groups attached to an aromatic ring is 1. The molecule has 2 rings (SSSR count). The number of nitrogens with one attached hydrogen (secondary N) is 1. The summed E-state index contributed by atoms with van der Waals surface area (Å²) in [6.07, 6.45) is 1.68. The van der Waals surface area contributed by atoms with Crippen LogP contribution in [0.15, 0.2) is 41.0 Å². The fourth-order valence-corrected chi connectivity index (χ4v) is 1.79. The highest BCUT2D eigenvalue weighted by Gasteiger charge is 2.05. The quantitative estimate of drug-likeness (QED) is 0.886. The molecule has 0 saturated carbocycles. The molecule has 0 aliphatic heterocycles. The summed E-state index contributed by atoms with van der Waals surface area (Å²) in [6, 6.07) is 9.12. The third-order valence-corrected chi connectivity index (χ3v) is 3.44. The van der Waals surface area contributed by atoms with E-state index >= 15 is 0 Å². The number of aromatic nitrogens is 1. The molecule has 1 aromatic carbocycles. The van der Waals surface area contributed by atoms with E-state index in [1.54, 1.807) is 24.4 Å². The van der Waals surface area contributed by atoms with Gasteiger partial charge in [0.1, 0.15) is 0 Å². The maximum atomic E-state index is 5.98. The molecule has 1 aromatic heterocycles. The Morgan fingerprint density at radius 2 is 2.06 bits per heavy atom. The van der Waals surface area contributed by atoms with Crippen LogP contribution in [0.4, 0.5) is 17.2 Å². The van der Waals surface area contributed by atoms with Crippen LogP contribution in [0, 0.1) is 0 Å². The monoisotopic (exact) mass is 297 g/mol. The number of nitrogens with zero attached hydrogens (tertiary/aromatic N) is 1. The zero-order chi connectivity index (χ0) is 11.5. The lowest BCUT2D eigenvalue weighted by molar-refractivity contribution is 1.31. The van der Waals surface area contributed by atoms with Crippen molar-refractivity contribution in [2.75, 3.05) is 11.1 Å². The first-order chi connectivity index (χ1) is 7.68. The average molecular weight is 299 g/mol. The van der Waals surface area contributed by atoms with Crippen LogP contribution in [0.3, 0.4) is 0 Å². The zero-order valence-corrected chi connectivity index (χ0v) is 10.6. The third-order valence-electron chi connectivity index (χ3n) is 2.04. The van der Waals surface area contributed by atoms with E-state index in [0.717, 1.165) is 10.2 Å². The molecule has 3 N–H and O–H groups in total. The number of hydrogen-bond donors (Lipinski definition) is 2. The van der Waals surface area contributed by atoms with Crippen LogP contribution in [0.5, 0.6) is 0 Å². The van der Waals surface area contributed by atoms with Gasteiger partial charge in [-0.3, -0.25) is 0 Å². The molecule has 0 amide bonds. The van der Waals surface area contributed by atoms with E-state index in [-0.39, 0.29) is 0 Å². The van der Waals surface area contributed by atoms with Gasteiger partial charge in [0.05, 0.1) is 20.9 Å². The maximum Gasteiger partial charge on any atom is 0.153 e. The molecule has 0 atom stereocenters. The summed E-state index contributed by atoms with van der Waals surface area (Å²) in [5.41, 5.74) is 7.21. The zero-order valence-electron chi connectivity index (χ0n) is 8.24. The Kier molecular flexibility index (Phi) is 3.31. The van der Waals surface area contributed by atoms with Crippen LogP contribution in [0.2, 0.25) is 5.02 Å². The van der Waals surface area contributed by atoms with Crippen molar-refractivity contribution in [3.63, 3.8) is 0 Å². The summed E-state index contributed by atoms with van der Waals surface area (Å²) in [5, 5.41) is 3.75. The molecule has 1 heterocycles. The fraction of sp³-hybridized carbons (Fsp3) is 0. The first-order valence-electron chi connectivity index (χ1n) is 4.60. The highest BCUT2D eigenvalue weighted by Crippen LogP contribution is 2.32. The van der Waals surface area contributed by atoms with Gasteiger partial charge < -0.3 is 11.1 Å². The van der Waals surface area contributed by atoms with E-state index in [1.807, 2.05) is 12.1 Å². The largest absolute Gasteiger partial charge is 0.396 e. The Hall–Kier alpha value is -1.26. The van der Waals surface area contributed by atoms with Crippen molar-refractivity contribution in [2.24, 2.45) is 0 Å². The number of hydrogen-bond acceptors (Lipinski definition) is 3. The smallest absolute Gasteiger partial charge is 0.153 e. The highest BCUT2D eigenvalue weighted by atomic mass is 79.9. The van der Waals surface area contributed by atoms with Crippen molar-refractivity contribution in [1.82, 2.24) is 4.98 Å². The molecule has 0 aliphatic rings. The Morgan fingerprint density at radius 1 is 1.25 bits per heavy atom. The Labute approximate surface area is 107 Å². The van der Waals surface area contributed by atoms with Gasteiger partial charge in [-0.2, -0.15) is 0 Å². The van der Waals surface area contributed by atoms with Crippen molar-refractivity contribution < 1.29 is 0 Å². The van der Waals surface area contributed by atoms with Gasteiger partial charge in [-0.1, -0.05) is 17.7 Å². The van der Waals surface area contributed by atoms with E-state index in [9.17, 15) is 0 Å². The molecular formula is C11H9BrClN3. The first-order valence-corrected chi connectivity index (χ1v) is 5.77. The predicted octanol–water partition coefficient (Wildman–Crippen LogP) is 3.82. The van der Waals surface area contributed by atoms with Crippen LogP contribution >= 0.6 is 27.5 Å². The van der Waals surface area contributed by atoms with Crippen molar-refractivity contribution in [1.29, 1.82) is 0 Å². The molecule has 0 spiro atoms. The lowest BCUT2D eigenvalue weighted by Gasteiger charge is -2.10. The van der Waals surface area contributed by atoms with Crippen molar-refractivity contribution in [3.05, 3.63) is 46.0 Å². The Morgan fingerprint density at radius 3 is 2.81 bits per heavy atom. The number of benzene rings is 1. The topological polar surface area (TPSA) is 50.9 Å². The number of halogens is 2. The molecule has 3 nitrogen and oxygen atoms in total. The first kappa shape index (κ1) is 11.2. The SMILES string of the molecule is Nc1cccnc1Nc1cccc(Cl)c1Br. The standard InChI is InChI=1S/C11H9BrClN3/c12-10-7(13)3-1-5-9(10)16-11-8(14)4-2-6-15-11/h1-6H,14H2,(H,15,16). The second-order valence-corrected chi connectivity index (χ2v) is 4.37. The summed E-state index contributed by atoms with van der Waals surface area (Å²) in [5.74, 6) is 0.616. The number of rotatable bonds is 2. The van der Waals surface area contributed by atoms with Gasteiger partial charge in [0.15, 0.2) is 5.82 Å². The fourth-order valence-electron chi connectivity index (χ4n) is 1.25. The number of pyridine rings is 1. The maximum absolute atomic E-state index is 5.98. The molecule has 82 valence electrons. The molecular weight excluding hydrogens is 289 g/mol. The van der Waals surface area contributed by atoms with Crippen LogP contribution in [-0.4, -0.2) is 4.98 Å². The summed E-state index contributed by atoms with van der Waals surface area (Å²) in [4.78, 5) is 4.14. The second kappa shape index (κ2) is 4.72. The van der Waals surface area contributed by atoms with Crippen LogP contribution in [0.1, 0.15) is 0 Å². The van der Waals surface area contributed by atoms with Gasteiger partial charge in [-0.25, -0.2) is 4.98 Å². The van der Waals surface area contributed by atoms with E-state index in [0.29, 0.717) is 16.5 Å². The highest BCUT2D eigenvalue weighted by molar-refractivity contribution is 9.10. The minimum Gasteiger partial charge on any atom is -0.396 e. The summed E-state index contributed by atoms with van der Waals surface area (Å²) < 4.78 is 0.793. The molecule has 0 unspecified atom stereocenters. The molecule has 0 bridgehead atoms. The Bertz CT molecular complexity index is 516. The lowest BCUT2D eigenvalue weighted by atomic mass is 10.3. The van der Waals surface area contributed by atoms with Crippen LogP contribution in [0.25, 0.3) is 0 Å². The Balaban J connectivity index is 2.35. The van der Waals surface area contributed by atoms with Crippen molar-refractivity contribution in [3.8, 4) is 0 Å². The molecule has 0 fully saturated rings. The van der Waals surface area contributed by atoms with E-state index < -0.39 is 0 Å². The molecule has 0 saturated heterocycles. The number of anilines is 3. The van der Waals surface area contributed by atoms with Gasteiger partial charge in [-0.05, 0) is 40.2 Å². The molecule has 0 aliphatic carbocycles. The van der Waals surface area contributed by atoms with Gasteiger partial charge in [0.25, 0.3) is 0 Å². The third kappa shape index (κ3) is 2.28. The summed E-state index contributed by atoms with van der Waals surface area (Å²) >= 11 is 9.38. The second-order valence-electron chi connectivity index (χ2n) is 3.17. The van der Waals surface area contributed by atoms with E-state index in [4.69, 9.17) is 17.3 Å². The summed E-state index contributed by atoms with van der Waals surface area (Å²) in [7, 11) is 0. The molecule has 2 aromatic rings. The van der Waals surface area contributed by atoms with Crippen LogP contribution in [-0.2, 0) is 0 Å². The van der Waals surface area contributed by atoms with E-state index in [2.05, 4.69) is 26.2 Å². The van der Waals surface area contributed by atoms with Gasteiger partial charge in [0.2, 0.25) is 0 Å². The number of nitrogens with two attached hydrogens (primary N) is 1. The van der Waals surface area contributed by atoms with Gasteiger partial charge in [0, 0.05) is 6.20 Å².